The molecule has 110 valence electrons. The van der Waals surface area contributed by atoms with Crippen molar-refractivity contribution >= 4 is 47.9 Å². The van der Waals surface area contributed by atoms with Crippen molar-refractivity contribution in [3.05, 3.63) is 17.5 Å². The molecule has 8 heteroatoms. The van der Waals surface area contributed by atoms with Crippen molar-refractivity contribution in [2.45, 2.75) is 30.5 Å². The van der Waals surface area contributed by atoms with Crippen molar-refractivity contribution in [2.75, 3.05) is 0 Å². The lowest BCUT2D eigenvalue weighted by Gasteiger charge is -2.14. The Hall–Kier alpha value is -0.800. The Balaban J connectivity index is 2.34. The molecule has 5 nitrogen and oxygen atoms in total. The van der Waals surface area contributed by atoms with E-state index in [9.17, 15) is 9.00 Å². The van der Waals surface area contributed by atoms with Crippen LogP contribution < -0.4 is 10.9 Å². The van der Waals surface area contributed by atoms with Crippen LogP contribution in [0.1, 0.15) is 20.3 Å². The molecule has 0 fully saturated rings. The molecule has 2 heterocycles. The monoisotopic (exact) mass is 331 g/mol. The van der Waals surface area contributed by atoms with E-state index in [0.717, 1.165) is 15.8 Å². The van der Waals surface area contributed by atoms with Crippen LogP contribution in [0.4, 0.5) is 0 Å². The fourth-order valence-electron chi connectivity index (χ4n) is 1.62. The Morgan fingerprint density at radius 2 is 2.20 bits per heavy atom. The summed E-state index contributed by atoms with van der Waals surface area (Å²) in [5.74, 6) is -0.614. The zero-order valence-corrected chi connectivity index (χ0v) is 13.7. The van der Waals surface area contributed by atoms with E-state index in [2.05, 4.69) is 4.36 Å². The molecule has 0 saturated carbocycles. The van der Waals surface area contributed by atoms with Crippen molar-refractivity contribution in [1.29, 1.82) is 0 Å². The average Bonchev–Trinajstić information content (AvgIpc) is 2.97. The third-order valence-corrected chi connectivity index (χ3v) is 7.17. The number of carbonyl (C=O) groups is 1. The molecule has 2 aromatic rings. The van der Waals surface area contributed by atoms with Crippen LogP contribution >= 0.6 is 22.7 Å². The van der Waals surface area contributed by atoms with Crippen molar-refractivity contribution in [3.8, 4) is 0 Å². The van der Waals surface area contributed by atoms with Crippen LogP contribution in [-0.2, 0) is 14.7 Å². The fraction of sp³-hybridized carbons (Fsp3) is 0.417. The number of nitrogens with zero attached hydrogens (tertiary/aromatic N) is 1. The van der Waals surface area contributed by atoms with Gasteiger partial charge in [-0.3, -0.25) is 4.79 Å². The van der Waals surface area contributed by atoms with Crippen LogP contribution in [0.5, 0.6) is 0 Å². The van der Waals surface area contributed by atoms with Gasteiger partial charge in [-0.15, -0.1) is 27.0 Å². The first-order chi connectivity index (χ1) is 9.35. The summed E-state index contributed by atoms with van der Waals surface area (Å²) < 4.78 is 18.5. The second-order valence-corrected chi connectivity index (χ2v) is 8.67. The van der Waals surface area contributed by atoms with E-state index in [0.29, 0.717) is 4.21 Å². The van der Waals surface area contributed by atoms with Crippen molar-refractivity contribution < 1.29 is 9.00 Å². The molecule has 0 aliphatic carbocycles. The minimum atomic E-state index is -3.21. The predicted octanol–water partition coefficient (Wildman–Crippen LogP) is 2.56. The molecule has 0 radical (unpaired) electrons. The van der Waals surface area contributed by atoms with Crippen molar-refractivity contribution in [2.24, 2.45) is 21.2 Å². The zero-order valence-electron chi connectivity index (χ0n) is 11.2. The van der Waals surface area contributed by atoms with Crippen LogP contribution in [0.3, 0.4) is 0 Å². The molecule has 3 atom stereocenters. The lowest BCUT2D eigenvalue weighted by Crippen LogP contribution is -2.36. The lowest BCUT2D eigenvalue weighted by molar-refractivity contribution is -0.119. The number of rotatable bonds is 4. The number of carbonyl (C=O) groups excluding carboxylic acids is 1. The highest BCUT2D eigenvalue weighted by Crippen LogP contribution is 2.32. The molecule has 1 amide bonds. The van der Waals surface area contributed by atoms with Crippen LogP contribution in [0.2, 0.25) is 0 Å². The second-order valence-electron chi connectivity index (χ2n) is 4.62. The van der Waals surface area contributed by atoms with Gasteiger partial charge in [-0.05, 0) is 23.4 Å². The second kappa shape index (κ2) is 5.90. The summed E-state index contributed by atoms with van der Waals surface area (Å²) >= 11 is 2.84. The standard InChI is InChI=1S/C12H17N3O2S3/c1-3-7(2)11(13)12(16)15-20(14,17)10-6-9-8(19-10)4-5-18-9/h4-7,11H,3,13H2,1-2H3,(H2,14,15,16,17)/t7-,11-,20?/m0/s1. The summed E-state index contributed by atoms with van der Waals surface area (Å²) in [7, 11) is -3.21. The van der Waals surface area contributed by atoms with Crippen molar-refractivity contribution in [1.82, 2.24) is 0 Å². The van der Waals surface area contributed by atoms with E-state index in [1.54, 1.807) is 6.07 Å². The largest absolute Gasteiger partial charge is 0.320 e. The third kappa shape index (κ3) is 3.09. The van der Waals surface area contributed by atoms with Gasteiger partial charge in [0.1, 0.15) is 4.21 Å². The first-order valence-electron chi connectivity index (χ1n) is 6.16. The quantitative estimate of drug-likeness (QED) is 0.900. The molecule has 0 spiro atoms. The molecule has 2 rings (SSSR count). The Labute approximate surface area is 126 Å². The smallest absolute Gasteiger partial charge is 0.272 e. The molecule has 0 aliphatic heterocycles. The van der Waals surface area contributed by atoms with E-state index in [-0.39, 0.29) is 5.92 Å². The van der Waals surface area contributed by atoms with Gasteiger partial charge in [0.2, 0.25) is 0 Å². The number of hydrogen-bond donors (Lipinski definition) is 2. The van der Waals surface area contributed by atoms with Gasteiger partial charge in [0.25, 0.3) is 5.91 Å². The van der Waals surface area contributed by atoms with Gasteiger partial charge in [-0.2, -0.15) is 0 Å². The Morgan fingerprint density at radius 3 is 2.80 bits per heavy atom. The van der Waals surface area contributed by atoms with Crippen LogP contribution in [0, 0.1) is 5.92 Å². The molecule has 2 aromatic heterocycles. The maximum Gasteiger partial charge on any atom is 0.272 e. The summed E-state index contributed by atoms with van der Waals surface area (Å²) in [5, 5.41) is 7.69. The fourth-order valence-corrected chi connectivity index (χ4v) is 5.16. The van der Waals surface area contributed by atoms with E-state index in [4.69, 9.17) is 10.9 Å². The number of amides is 1. The van der Waals surface area contributed by atoms with Gasteiger partial charge in [-0.1, -0.05) is 20.3 Å². The number of fused-ring (bicyclic) bond motifs is 1. The summed E-state index contributed by atoms with van der Waals surface area (Å²) in [5.41, 5.74) is 5.79. The highest BCUT2D eigenvalue weighted by Gasteiger charge is 2.22. The molecule has 4 N–H and O–H groups in total. The molecular weight excluding hydrogens is 314 g/mol. The SMILES string of the molecule is CC[C@H](C)[C@H](N)C(=O)N=S(N)(=O)c1cc2sccc2s1. The predicted molar refractivity (Wildman–Crippen MR) is 85.2 cm³/mol. The first kappa shape index (κ1) is 15.6. The van der Waals surface area contributed by atoms with Crippen molar-refractivity contribution in [3.63, 3.8) is 0 Å². The molecule has 1 unspecified atom stereocenters. The lowest BCUT2D eigenvalue weighted by atomic mass is 10.00. The van der Waals surface area contributed by atoms with E-state index >= 15 is 0 Å². The minimum Gasteiger partial charge on any atom is -0.320 e. The maximum atomic E-state index is 12.4. The van der Waals surface area contributed by atoms with E-state index < -0.39 is 21.9 Å². The number of hydrogen-bond acceptors (Lipinski definition) is 5. The third-order valence-electron chi connectivity index (χ3n) is 3.17. The maximum absolute atomic E-state index is 12.4. The number of thiophene rings is 2. The first-order valence-corrected chi connectivity index (χ1v) is 9.44. The Morgan fingerprint density at radius 1 is 1.50 bits per heavy atom. The minimum absolute atomic E-state index is 0.0201. The molecule has 20 heavy (non-hydrogen) atoms. The summed E-state index contributed by atoms with van der Waals surface area (Å²) in [6.45, 7) is 3.79. The highest BCUT2D eigenvalue weighted by atomic mass is 32.2. The average molecular weight is 331 g/mol. The Kier molecular flexibility index (Phi) is 4.60. The van der Waals surface area contributed by atoms with E-state index in [1.165, 1.54) is 22.7 Å². The summed E-state index contributed by atoms with van der Waals surface area (Å²) in [4.78, 5) is 11.9. The molecule has 0 aliphatic rings. The topological polar surface area (TPSA) is 98.5 Å². The highest BCUT2D eigenvalue weighted by molar-refractivity contribution is 7.94. The number of nitrogens with two attached hydrogens (primary N) is 2. The van der Waals surface area contributed by atoms with Crippen LogP contribution in [0.25, 0.3) is 9.40 Å². The zero-order chi connectivity index (χ0) is 14.9. The molecule has 0 aromatic carbocycles. The van der Waals surface area contributed by atoms with Gasteiger partial charge in [0.05, 0.1) is 6.04 Å². The van der Waals surface area contributed by atoms with Gasteiger partial charge >= 0.3 is 0 Å². The van der Waals surface area contributed by atoms with Gasteiger partial charge in [-0.25, -0.2) is 9.35 Å². The summed E-state index contributed by atoms with van der Waals surface area (Å²) in [6, 6.07) is 2.90. The molecule has 0 bridgehead atoms. The van der Waals surface area contributed by atoms with Crippen LogP contribution in [0.15, 0.2) is 26.1 Å². The molecular formula is C12H17N3O2S3. The Bertz CT molecular complexity index is 712. The molecule has 0 saturated heterocycles. The van der Waals surface area contributed by atoms with Gasteiger partial charge in [0, 0.05) is 9.40 Å². The van der Waals surface area contributed by atoms with E-state index in [1.807, 2.05) is 25.3 Å². The summed E-state index contributed by atoms with van der Waals surface area (Å²) in [6.07, 6.45) is 0.753. The van der Waals surface area contributed by atoms with Crippen LogP contribution in [-0.4, -0.2) is 16.2 Å². The van der Waals surface area contributed by atoms with Gasteiger partial charge < -0.3 is 5.73 Å². The normalized spacial score (nSPS) is 17.6. The van der Waals surface area contributed by atoms with Gasteiger partial charge in [0.15, 0.2) is 9.92 Å².